The molecular formula is C15H12O4. The van der Waals surface area contributed by atoms with Crippen LogP contribution in [0.1, 0.15) is 20.7 Å². The third kappa shape index (κ3) is 3.26. The van der Waals surface area contributed by atoms with Crippen LogP contribution in [0.15, 0.2) is 54.6 Å². The van der Waals surface area contributed by atoms with Crippen molar-refractivity contribution in [2.24, 2.45) is 0 Å². The van der Waals surface area contributed by atoms with Crippen molar-refractivity contribution in [1.29, 1.82) is 0 Å². The second-order valence-corrected chi connectivity index (χ2v) is 3.86. The summed E-state index contributed by atoms with van der Waals surface area (Å²) in [5, 5.41) is 8.72. The van der Waals surface area contributed by atoms with Crippen LogP contribution in [-0.2, 0) is 0 Å². The van der Waals surface area contributed by atoms with E-state index in [1.54, 1.807) is 24.3 Å². The molecule has 2 aromatic carbocycles. The Labute approximate surface area is 110 Å². The summed E-state index contributed by atoms with van der Waals surface area (Å²) in [4.78, 5) is 23.0. The largest absolute Gasteiger partial charge is 0.423 e. The fourth-order valence-corrected chi connectivity index (χ4v) is 1.54. The lowest BCUT2D eigenvalue weighted by Crippen LogP contribution is -2.08. The van der Waals surface area contributed by atoms with Crippen molar-refractivity contribution < 1.29 is 19.4 Å². The maximum absolute atomic E-state index is 11.8. The van der Waals surface area contributed by atoms with Gasteiger partial charge in [-0.3, -0.25) is 4.79 Å². The van der Waals surface area contributed by atoms with E-state index in [1.165, 1.54) is 24.3 Å². The third-order valence-corrected chi connectivity index (χ3v) is 2.54. The highest BCUT2D eigenvalue weighted by Gasteiger charge is 2.08. The molecule has 0 spiro atoms. The number of carbonyl (C=O) groups is 2. The highest BCUT2D eigenvalue weighted by molar-refractivity contribution is 5.97. The molecule has 1 N–H and O–H groups in total. The normalized spacial score (nSPS) is 9.95. The predicted molar refractivity (Wildman–Crippen MR) is 69.3 cm³/mol. The van der Waals surface area contributed by atoms with E-state index in [9.17, 15) is 9.59 Å². The van der Waals surface area contributed by atoms with E-state index >= 15 is 0 Å². The lowest BCUT2D eigenvalue weighted by atomic mass is 10.1. The van der Waals surface area contributed by atoms with Crippen molar-refractivity contribution >= 4 is 11.8 Å². The Morgan fingerprint density at radius 2 is 1.53 bits per heavy atom. The zero-order valence-corrected chi connectivity index (χ0v) is 10.1. The predicted octanol–water partition coefficient (Wildman–Crippen LogP) is 2.08. The Morgan fingerprint density at radius 3 is 2.11 bits per heavy atom. The SMILES string of the molecule is O=C(CO)c1ccc(OC(=O)c2ccccc2)cc1. The molecule has 0 aliphatic rings. The third-order valence-electron chi connectivity index (χ3n) is 2.54. The summed E-state index contributed by atoms with van der Waals surface area (Å²) in [5.74, 6) is -0.480. The molecule has 2 rings (SSSR count). The number of aliphatic hydroxyl groups is 1. The maximum atomic E-state index is 11.8. The molecular weight excluding hydrogens is 244 g/mol. The van der Waals surface area contributed by atoms with Gasteiger partial charge < -0.3 is 9.84 Å². The van der Waals surface area contributed by atoms with Gasteiger partial charge in [0.2, 0.25) is 0 Å². The van der Waals surface area contributed by atoms with Gasteiger partial charge in [-0.05, 0) is 36.4 Å². The molecule has 4 heteroatoms. The molecule has 96 valence electrons. The van der Waals surface area contributed by atoms with Crippen LogP contribution >= 0.6 is 0 Å². The molecule has 0 bridgehead atoms. The minimum atomic E-state index is -0.539. The van der Waals surface area contributed by atoms with Gasteiger partial charge in [-0.15, -0.1) is 0 Å². The van der Waals surface area contributed by atoms with Gasteiger partial charge in [0.1, 0.15) is 12.4 Å². The number of rotatable bonds is 4. The molecule has 0 saturated carbocycles. The number of esters is 1. The van der Waals surface area contributed by atoms with Crippen molar-refractivity contribution in [3.05, 3.63) is 65.7 Å². The van der Waals surface area contributed by atoms with Crippen LogP contribution in [0.4, 0.5) is 0 Å². The van der Waals surface area contributed by atoms with Crippen LogP contribution in [-0.4, -0.2) is 23.5 Å². The fraction of sp³-hybridized carbons (Fsp3) is 0.0667. The van der Waals surface area contributed by atoms with E-state index in [0.29, 0.717) is 16.9 Å². The Hall–Kier alpha value is -2.46. The highest BCUT2D eigenvalue weighted by Crippen LogP contribution is 2.14. The van der Waals surface area contributed by atoms with Crippen LogP contribution < -0.4 is 4.74 Å². The summed E-state index contributed by atoms with van der Waals surface area (Å²) in [7, 11) is 0. The molecule has 0 amide bonds. The van der Waals surface area contributed by atoms with Gasteiger partial charge in [-0.1, -0.05) is 18.2 Å². The van der Waals surface area contributed by atoms with E-state index < -0.39 is 12.6 Å². The summed E-state index contributed by atoms with van der Waals surface area (Å²) >= 11 is 0. The highest BCUT2D eigenvalue weighted by atomic mass is 16.5. The standard InChI is InChI=1S/C15H12O4/c16-10-14(17)11-6-8-13(9-7-11)19-15(18)12-4-2-1-3-5-12/h1-9,16H,10H2. The van der Waals surface area contributed by atoms with E-state index in [1.807, 2.05) is 6.07 Å². The van der Waals surface area contributed by atoms with E-state index in [2.05, 4.69) is 0 Å². The monoisotopic (exact) mass is 256 g/mol. The molecule has 0 aliphatic heterocycles. The molecule has 0 atom stereocenters. The number of Topliss-reactive ketones (excluding diaryl/α,β-unsaturated/α-hetero) is 1. The Kier molecular flexibility index (Phi) is 4.05. The average molecular weight is 256 g/mol. The second-order valence-electron chi connectivity index (χ2n) is 3.86. The summed E-state index contributed by atoms with van der Waals surface area (Å²) in [6.07, 6.45) is 0. The lowest BCUT2D eigenvalue weighted by Gasteiger charge is -2.04. The molecule has 0 saturated heterocycles. The first kappa shape index (κ1) is 13.0. The Bertz CT molecular complexity index is 573. The summed E-state index contributed by atoms with van der Waals surface area (Å²) < 4.78 is 5.16. The minimum Gasteiger partial charge on any atom is -0.423 e. The second kappa shape index (κ2) is 5.93. The molecule has 0 unspecified atom stereocenters. The lowest BCUT2D eigenvalue weighted by molar-refractivity contribution is 0.0734. The Morgan fingerprint density at radius 1 is 0.895 bits per heavy atom. The van der Waals surface area contributed by atoms with Crippen LogP contribution in [0, 0.1) is 0 Å². The van der Waals surface area contributed by atoms with Crippen molar-refractivity contribution in [3.63, 3.8) is 0 Å². The maximum Gasteiger partial charge on any atom is 0.343 e. The zero-order chi connectivity index (χ0) is 13.7. The van der Waals surface area contributed by atoms with Crippen LogP contribution in [0.5, 0.6) is 5.75 Å². The number of benzene rings is 2. The molecule has 0 heterocycles. The molecule has 0 aliphatic carbocycles. The molecule has 0 aromatic heterocycles. The Balaban J connectivity index is 2.08. The van der Waals surface area contributed by atoms with E-state index in [-0.39, 0.29) is 5.78 Å². The van der Waals surface area contributed by atoms with Gasteiger partial charge in [0, 0.05) is 5.56 Å². The summed E-state index contributed by atoms with van der Waals surface area (Å²) in [6.45, 7) is -0.539. The zero-order valence-electron chi connectivity index (χ0n) is 10.1. The molecule has 2 aromatic rings. The van der Waals surface area contributed by atoms with Gasteiger partial charge in [0.15, 0.2) is 5.78 Å². The number of hydrogen-bond acceptors (Lipinski definition) is 4. The first-order valence-corrected chi connectivity index (χ1v) is 5.72. The van der Waals surface area contributed by atoms with Gasteiger partial charge in [-0.25, -0.2) is 4.79 Å². The van der Waals surface area contributed by atoms with Gasteiger partial charge in [0.25, 0.3) is 0 Å². The van der Waals surface area contributed by atoms with E-state index in [4.69, 9.17) is 9.84 Å². The fourth-order valence-electron chi connectivity index (χ4n) is 1.54. The number of ether oxygens (including phenoxy) is 1. The molecule has 19 heavy (non-hydrogen) atoms. The van der Waals surface area contributed by atoms with Crippen molar-refractivity contribution in [1.82, 2.24) is 0 Å². The number of hydrogen-bond donors (Lipinski definition) is 1. The first-order chi connectivity index (χ1) is 9.20. The molecule has 4 nitrogen and oxygen atoms in total. The first-order valence-electron chi connectivity index (χ1n) is 5.72. The van der Waals surface area contributed by atoms with Crippen molar-refractivity contribution in [3.8, 4) is 5.75 Å². The smallest absolute Gasteiger partial charge is 0.343 e. The van der Waals surface area contributed by atoms with Gasteiger partial charge in [0.05, 0.1) is 5.56 Å². The summed E-state index contributed by atoms with van der Waals surface area (Å²) in [5.41, 5.74) is 0.833. The summed E-state index contributed by atoms with van der Waals surface area (Å²) in [6, 6.07) is 14.7. The molecule has 0 fully saturated rings. The number of carbonyl (C=O) groups excluding carboxylic acids is 2. The quantitative estimate of drug-likeness (QED) is 0.517. The van der Waals surface area contributed by atoms with E-state index in [0.717, 1.165) is 0 Å². The average Bonchev–Trinajstić information content (AvgIpc) is 2.48. The number of ketones is 1. The molecule has 0 radical (unpaired) electrons. The van der Waals surface area contributed by atoms with Crippen LogP contribution in [0.2, 0.25) is 0 Å². The number of aliphatic hydroxyl groups excluding tert-OH is 1. The topological polar surface area (TPSA) is 63.6 Å². The van der Waals surface area contributed by atoms with Crippen LogP contribution in [0.3, 0.4) is 0 Å². The van der Waals surface area contributed by atoms with Crippen LogP contribution in [0.25, 0.3) is 0 Å². The van der Waals surface area contributed by atoms with Crippen molar-refractivity contribution in [2.75, 3.05) is 6.61 Å². The minimum absolute atomic E-state index is 0.350. The van der Waals surface area contributed by atoms with Gasteiger partial charge in [-0.2, -0.15) is 0 Å². The van der Waals surface area contributed by atoms with Gasteiger partial charge >= 0.3 is 5.97 Å². The van der Waals surface area contributed by atoms with Crippen molar-refractivity contribution in [2.45, 2.75) is 0 Å².